The molecule has 0 aliphatic rings. The molecule has 0 fully saturated rings. The second kappa shape index (κ2) is 8.29. The molecule has 0 unspecified atom stereocenters. The summed E-state index contributed by atoms with van der Waals surface area (Å²) in [6.45, 7) is 5.37. The van der Waals surface area contributed by atoms with Gasteiger partial charge in [0.1, 0.15) is 0 Å². The predicted octanol–water partition coefficient (Wildman–Crippen LogP) is 3.98. The third kappa shape index (κ3) is 4.79. The van der Waals surface area contributed by atoms with E-state index in [0.717, 1.165) is 11.4 Å². The molecule has 120 valence electrons. The average molecular weight is 327 g/mol. The van der Waals surface area contributed by atoms with Crippen LogP contribution in [-0.4, -0.2) is 29.0 Å². The third-order valence-corrected chi connectivity index (χ3v) is 3.68. The van der Waals surface area contributed by atoms with Gasteiger partial charge in [-0.1, -0.05) is 18.2 Å². The summed E-state index contributed by atoms with van der Waals surface area (Å²) >= 11 is 5.28. The lowest BCUT2D eigenvalue weighted by Crippen LogP contribution is -2.30. The van der Waals surface area contributed by atoms with Crippen molar-refractivity contribution in [3.63, 3.8) is 0 Å². The molecule has 0 heterocycles. The van der Waals surface area contributed by atoms with Crippen LogP contribution in [0.2, 0.25) is 0 Å². The van der Waals surface area contributed by atoms with Gasteiger partial charge in [-0.15, -0.1) is 0 Å². The van der Waals surface area contributed by atoms with E-state index in [1.807, 2.05) is 68.4 Å². The summed E-state index contributed by atoms with van der Waals surface area (Å²) in [4.78, 5) is 14.0. The molecule has 2 aromatic carbocycles. The van der Waals surface area contributed by atoms with E-state index < -0.39 is 0 Å². The molecule has 0 bridgehead atoms. The Morgan fingerprint density at radius 2 is 1.43 bits per heavy atom. The van der Waals surface area contributed by atoms with E-state index in [0.29, 0.717) is 23.8 Å². The van der Waals surface area contributed by atoms with E-state index in [1.54, 1.807) is 4.90 Å². The number of benzene rings is 2. The summed E-state index contributed by atoms with van der Waals surface area (Å²) in [5.41, 5.74) is 2.45. The highest BCUT2D eigenvalue weighted by atomic mass is 32.1. The SMILES string of the molecule is CCN(CC)C(=O)c1ccc(NC(=S)Nc2ccccc2)cc1. The molecule has 2 aromatic rings. The molecule has 23 heavy (non-hydrogen) atoms. The van der Waals surface area contributed by atoms with Crippen LogP contribution in [-0.2, 0) is 0 Å². The third-order valence-electron chi connectivity index (χ3n) is 3.47. The van der Waals surface area contributed by atoms with E-state index in [9.17, 15) is 4.79 Å². The van der Waals surface area contributed by atoms with Gasteiger partial charge in [0.25, 0.3) is 5.91 Å². The Kier molecular flexibility index (Phi) is 6.11. The lowest BCUT2D eigenvalue weighted by Gasteiger charge is -2.18. The number of rotatable bonds is 5. The summed E-state index contributed by atoms with van der Waals surface area (Å²) < 4.78 is 0. The molecule has 0 saturated carbocycles. The zero-order valence-electron chi connectivity index (χ0n) is 13.4. The summed E-state index contributed by atoms with van der Waals surface area (Å²) in [6.07, 6.45) is 0. The van der Waals surface area contributed by atoms with Crippen molar-refractivity contribution in [3.05, 3.63) is 60.2 Å². The van der Waals surface area contributed by atoms with Gasteiger partial charge in [0.05, 0.1) is 0 Å². The van der Waals surface area contributed by atoms with Crippen molar-refractivity contribution in [2.24, 2.45) is 0 Å². The van der Waals surface area contributed by atoms with Crippen LogP contribution in [0.5, 0.6) is 0 Å². The fraction of sp³-hybridized carbons (Fsp3) is 0.222. The van der Waals surface area contributed by atoms with Crippen molar-refractivity contribution >= 4 is 34.6 Å². The molecule has 4 nitrogen and oxygen atoms in total. The summed E-state index contributed by atoms with van der Waals surface area (Å²) in [7, 11) is 0. The van der Waals surface area contributed by atoms with Crippen molar-refractivity contribution < 1.29 is 4.79 Å². The quantitative estimate of drug-likeness (QED) is 0.816. The molecule has 1 amide bonds. The predicted molar refractivity (Wildman–Crippen MR) is 100.0 cm³/mol. The standard InChI is InChI=1S/C18H21N3OS/c1-3-21(4-2)17(22)14-10-12-16(13-11-14)20-18(23)19-15-8-6-5-7-9-15/h5-13H,3-4H2,1-2H3,(H2,19,20,23). The van der Waals surface area contributed by atoms with E-state index in [1.165, 1.54) is 0 Å². The lowest BCUT2D eigenvalue weighted by molar-refractivity contribution is 0.0773. The molecule has 0 atom stereocenters. The second-order valence-electron chi connectivity index (χ2n) is 5.00. The maximum absolute atomic E-state index is 12.2. The van der Waals surface area contributed by atoms with Gasteiger partial charge in [0.15, 0.2) is 5.11 Å². The highest BCUT2D eigenvalue weighted by Gasteiger charge is 2.11. The Hall–Kier alpha value is -2.40. The first kappa shape index (κ1) is 17.0. The number of hydrogen-bond acceptors (Lipinski definition) is 2. The Morgan fingerprint density at radius 1 is 0.913 bits per heavy atom. The molecule has 2 rings (SSSR count). The number of carbonyl (C=O) groups excluding carboxylic acids is 1. The van der Waals surface area contributed by atoms with E-state index >= 15 is 0 Å². The Labute approximate surface area is 142 Å². The van der Waals surface area contributed by atoms with Gasteiger partial charge in [0.2, 0.25) is 0 Å². The second-order valence-corrected chi connectivity index (χ2v) is 5.41. The topological polar surface area (TPSA) is 44.4 Å². The molecule has 0 spiro atoms. The minimum atomic E-state index is 0.0477. The van der Waals surface area contributed by atoms with Crippen LogP contribution in [0.1, 0.15) is 24.2 Å². The van der Waals surface area contributed by atoms with Crippen LogP contribution >= 0.6 is 12.2 Å². The number of anilines is 2. The van der Waals surface area contributed by atoms with Crippen LogP contribution in [0.4, 0.5) is 11.4 Å². The van der Waals surface area contributed by atoms with E-state index in [-0.39, 0.29) is 5.91 Å². The normalized spacial score (nSPS) is 10.0. The number of thiocarbonyl (C=S) groups is 1. The smallest absolute Gasteiger partial charge is 0.253 e. The molecule has 0 saturated heterocycles. The van der Waals surface area contributed by atoms with Crippen molar-refractivity contribution in [1.29, 1.82) is 0 Å². The molecule has 0 radical (unpaired) electrons. The van der Waals surface area contributed by atoms with Crippen molar-refractivity contribution in [3.8, 4) is 0 Å². The first-order chi connectivity index (χ1) is 11.1. The van der Waals surface area contributed by atoms with Crippen molar-refractivity contribution in [1.82, 2.24) is 4.90 Å². The van der Waals surface area contributed by atoms with Gasteiger partial charge in [-0.2, -0.15) is 0 Å². The fourth-order valence-electron chi connectivity index (χ4n) is 2.20. The van der Waals surface area contributed by atoms with Gasteiger partial charge in [0, 0.05) is 30.0 Å². The Morgan fingerprint density at radius 3 is 1.96 bits per heavy atom. The number of carbonyl (C=O) groups is 1. The zero-order valence-corrected chi connectivity index (χ0v) is 14.2. The maximum atomic E-state index is 12.2. The molecule has 5 heteroatoms. The molecule has 2 N–H and O–H groups in total. The van der Waals surface area contributed by atoms with Gasteiger partial charge >= 0.3 is 0 Å². The van der Waals surface area contributed by atoms with E-state index in [4.69, 9.17) is 12.2 Å². The van der Waals surface area contributed by atoms with Crippen LogP contribution < -0.4 is 10.6 Å². The van der Waals surface area contributed by atoms with Crippen LogP contribution in [0.15, 0.2) is 54.6 Å². The minimum absolute atomic E-state index is 0.0477. The molecule has 0 aliphatic carbocycles. The monoisotopic (exact) mass is 327 g/mol. The van der Waals surface area contributed by atoms with Gasteiger partial charge < -0.3 is 15.5 Å². The van der Waals surface area contributed by atoms with Crippen LogP contribution in [0.25, 0.3) is 0 Å². The number of nitrogens with zero attached hydrogens (tertiary/aromatic N) is 1. The van der Waals surface area contributed by atoms with Gasteiger partial charge in [-0.05, 0) is 62.5 Å². The maximum Gasteiger partial charge on any atom is 0.253 e. The number of hydrogen-bond donors (Lipinski definition) is 2. The summed E-state index contributed by atoms with van der Waals surface area (Å²) in [5.74, 6) is 0.0477. The first-order valence-electron chi connectivity index (χ1n) is 7.66. The van der Waals surface area contributed by atoms with Crippen molar-refractivity contribution in [2.75, 3.05) is 23.7 Å². The summed E-state index contributed by atoms with van der Waals surface area (Å²) in [6, 6.07) is 17.1. The van der Waals surface area contributed by atoms with E-state index in [2.05, 4.69) is 10.6 Å². The Bertz CT molecular complexity index is 652. The largest absolute Gasteiger partial charge is 0.339 e. The van der Waals surface area contributed by atoms with Crippen LogP contribution in [0.3, 0.4) is 0 Å². The zero-order chi connectivity index (χ0) is 16.7. The highest BCUT2D eigenvalue weighted by molar-refractivity contribution is 7.80. The number of para-hydroxylation sites is 1. The average Bonchev–Trinajstić information content (AvgIpc) is 2.57. The molecular formula is C18H21N3OS. The fourth-order valence-corrected chi connectivity index (χ4v) is 2.44. The molecular weight excluding hydrogens is 306 g/mol. The number of nitrogens with one attached hydrogen (secondary N) is 2. The molecule has 0 aromatic heterocycles. The van der Waals surface area contributed by atoms with Gasteiger partial charge in [-0.3, -0.25) is 4.79 Å². The highest BCUT2D eigenvalue weighted by Crippen LogP contribution is 2.13. The molecule has 0 aliphatic heterocycles. The van der Waals surface area contributed by atoms with Gasteiger partial charge in [-0.25, -0.2) is 0 Å². The number of amides is 1. The van der Waals surface area contributed by atoms with Crippen molar-refractivity contribution in [2.45, 2.75) is 13.8 Å². The van der Waals surface area contributed by atoms with Crippen LogP contribution in [0, 0.1) is 0 Å². The lowest BCUT2D eigenvalue weighted by atomic mass is 10.2. The summed E-state index contributed by atoms with van der Waals surface area (Å²) in [5, 5.41) is 6.73. The first-order valence-corrected chi connectivity index (χ1v) is 8.07. The Balaban J connectivity index is 1.97. The minimum Gasteiger partial charge on any atom is -0.339 e.